The van der Waals surface area contributed by atoms with Gasteiger partial charge in [0.25, 0.3) is 5.91 Å². The molecule has 1 fully saturated rings. The summed E-state index contributed by atoms with van der Waals surface area (Å²) in [6.07, 6.45) is 0.540. The number of ether oxygens (including phenoxy) is 1. The van der Waals surface area contributed by atoms with E-state index < -0.39 is 10.0 Å². The molecule has 0 bridgehead atoms. The summed E-state index contributed by atoms with van der Waals surface area (Å²) in [7, 11) is -0.373. The highest BCUT2D eigenvalue weighted by Gasteiger charge is 2.32. The summed E-state index contributed by atoms with van der Waals surface area (Å²) in [6, 6.07) is 9.25. The van der Waals surface area contributed by atoms with E-state index in [4.69, 9.17) is 4.74 Å². The van der Waals surface area contributed by atoms with Crippen LogP contribution in [0.2, 0.25) is 0 Å². The van der Waals surface area contributed by atoms with Crippen LogP contribution in [0.4, 0.5) is 0 Å². The Kier molecular flexibility index (Phi) is 6.26. The molecule has 11 heteroatoms. The highest BCUT2D eigenvalue weighted by molar-refractivity contribution is 7.89. The summed E-state index contributed by atoms with van der Waals surface area (Å²) in [5.41, 5.74) is 2.84. The zero-order chi connectivity index (χ0) is 23.8. The molecule has 2 aromatic heterocycles. The number of rotatable bonds is 5. The molecule has 33 heavy (non-hydrogen) atoms. The first kappa shape index (κ1) is 23.0. The van der Waals surface area contributed by atoms with Crippen molar-refractivity contribution in [1.82, 2.24) is 29.2 Å². The Bertz CT molecular complexity index is 1260. The fraction of sp³-hybridized carbons (Fsp3) is 0.409. The van der Waals surface area contributed by atoms with Crippen molar-refractivity contribution in [2.45, 2.75) is 25.2 Å². The number of nitrogens with zero attached hydrogens (tertiary/aromatic N) is 5. The monoisotopic (exact) mass is 472 g/mol. The van der Waals surface area contributed by atoms with Crippen molar-refractivity contribution < 1.29 is 17.9 Å². The Morgan fingerprint density at radius 2 is 1.88 bits per heavy atom. The molecular formula is C22H28N6O4S. The van der Waals surface area contributed by atoms with Crippen molar-refractivity contribution >= 4 is 15.9 Å². The van der Waals surface area contributed by atoms with Crippen LogP contribution in [0.15, 0.2) is 35.2 Å². The molecule has 0 unspecified atom stereocenters. The average Bonchev–Trinajstić information content (AvgIpc) is 3.23. The number of para-hydroxylation sites is 1. The van der Waals surface area contributed by atoms with Gasteiger partial charge in [-0.1, -0.05) is 12.1 Å². The van der Waals surface area contributed by atoms with E-state index in [-0.39, 0.29) is 17.3 Å². The number of carbonyl (C=O) groups is 1. The van der Waals surface area contributed by atoms with Crippen LogP contribution in [-0.2, 0) is 17.1 Å². The first-order chi connectivity index (χ1) is 15.7. The maximum atomic E-state index is 13.3. The molecule has 0 saturated carbocycles. The molecule has 1 aliphatic rings. The average molecular weight is 473 g/mol. The molecule has 1 aliphatic heterocycles. The first-order valence-electron chi connectivity index (χ1n) is 10.7. The molecule has 1 N–H and O–H groups in total. The van der Waals surface area contributed by atoms with Crippen LogP contribution >= 0.6 is 0 Å². The molecule has 3 aromatic rings. The zero-order valence-electron chi connectivity index (χ0n) is 19.2. The van der Waals surface area contributed by atoms with E-state index in [0.717, 1.165) is 5.56 Å². The van der Waals surface area contributed by atoms with Gasteiger partial charge in [-0.3, -0.25) is 14.6 Å². The maximum Gasteiger partial charge on any atom is 0.272 e. The summed E-state index contributed by atoms with van der Waals surface area (Å²) in [6.45, 7) is 4.68. The predicted octanol–water partition coefficient (Wildman–Crippen LogP) is 1.97. The third-order valence-electron chi connectivity index (χ3n) is 5.88. The molecule has 1 aromatic carbocycles. The number of hydrogen-bond acceptors (Lipinski definition) is 6. The molecule has 0 spiro atoms. The number of benzene rings is 1. The van der Waals surface area contributed by atoms with Crippen molar-refractivity contribution in [3.63, 3.8) is 0 Å². The van der Waals surface area contributed by atoms with E-state index in [9.17, 15) is 13.2 Å². The number of sulfonamides is 1. The molecule has 0 radical (unpaired) electrons. The second-order valence-corrected chi connectivity index (χ2v) is 9.93. The van der Waals surface area contributed by atoms with Crippen LogP contribution in [-0.4, -0.2) is 76.8 Å². The van der Waals surface area contributed by atoms with Gasteiger partial charge in [0.2, 0.25) is 10.0 Å². The predicted molar refractivity (Wildman–Crippen MR) is 123 cm³/mol. The van der Waals surface area contributed by atoms with Gasteiger partial charge in [-0.05, 0) is 38.5 Å². The highest BCUT2D eigenvalue weighted by atomic mass is 32.2. The second-order valence-electron chi connectivity index (χ2n) is 8.05. The minimum absolute atomic E-state index is 0.180. The van der Waals surface area contributed by atoms with Crippen molar-refractivity contribution in [2.75, 3.05) is 33.3 Å². The Balaban J connectivity index is 1.54. The third kappa shape index (κ3) is 4.25. The summed E-state index contributed by atoms with van der Waals surface area (Å²) < 4.78 is 34.8. The van der Waals surface area contributed by atoms with Crippen LogP contribution in [0.25, 0.3) is 11.3 Å². The van der Waals surface area contributed by atoms with Gasteiger partial charge < -0.3 is 9.64 Å². The topological polar surface area (TPSA) is 113 Å². The number of aryl methyl sites for hydroxylation is 3. The van der Waals surface area contributed by atoms with Gasteiger partial charge in [-0.25, -0.2) is 8.42 Å². The molecule has 176 valence electrons. The molecule has 1 saturated heterocycles. The van der Waals surface area contributed by atoms with Crippen LogP contribution in [0, 0.1) is 13.8 Å². The van der Waals surface area contributed by atoms with Gasteiger partial charge in [-0.2, -0.15) is 14.5 Å². The number of H-pyrrole nitrogens is 1. The fourth-order valence-corrected chi connectivity index (χ4v) is 6.01. The number of methoxy groups -OCH3 is 1. The Hall–Kier alpha value is -3.18. The number of nitrogens with one attached hydrogen (secondary N) is 1. The number of aromatic nitrogens is 4. The number of hydrogen-bond donors (Lipinski definition) is 1. The van der Waals surface area contributed by atoms with Gasteiger partial charge in [-0.15, -0.1) is 0 Å². The van der Waals surface area contributed by atoms with E-state index in [1.165, 1.54) is 4.31 Å². The van der Waals surface area contributed by atoms with Crippen LogP contribution < -0.4 is 4.74 Å². The van der Waals surface area contributed by atoms with Crippen LogP contribution in [0.3, 0.4) is 0 Å². The van der Waals surface area contributed by atoms with E-state index in [1.807, 2.05) is 24.3 Å². The standard InChI is InChI=1S/C22H28N6O4S/c1-15-21(16(2)24-23-15)33(30,31)28-11-7-10-27(12-13-28)22(29)19-14-18(25-26(19)3)17-8-5-6-9-20(17)32-4/h5-6,8-9,14H,7,10-13H2,1-4H3,(H,23,24). The smallest absolute Gasteiger partial charge is 0.272 e. The summed E-state index contributed by atoms with van der Waals surface area (Å²) >= 11 is 0. The molecular weight excluding hydrogens is 444 g/mol. The van der Waals surface area contributed by atoms with Crippen molar-refractivity contribution in [3.8, 4) is 17.0 Å². The summed E-state index contributed by atoms with van der Waals surface area (Å²) in [4.78, 5) is 15.2. The van der Waals surface area contributed by atoms with Crippen molar-refractivity contribution in [2.24, 2.45) is 7.05 Å². The number of amides is 1. The molecule has 1 amide bonds. The van der Waals surface area contributed by atoms with Gasteiger partial charge in [0.05, 0.1) is 24.2 Å². The number of aromatic amines is 1. The second kappa shape index (κ2) is 8.99. The SMILES string of the molecule is COc1ccccc1-c1cc(C(=O)N2CCCN(S(=O)(=O)c3c(C)n[nH]c3C)CC2)n(C)n1. The lowest BCUT2D eigenvalue weighted by Gasteiger charge is -2.22. The molecule has 0 atom stereocenters. The van der Waals surface area contributed by atoms with Gasteiger partial charge >= 0.3 is 0 Å². The minimum Gasteiger partial charge on any atom is -0.496 e. The lowest BCUT2D eigenvalue weighted by molar-refractivity contribution is 0.0753. The van der Waals surface area contributed by atoms with E-state index in [2.05, 4.69) is 15.3 Å². The van der Waals surface area contributed by atoms with E-state index >= 15 is 0 Å². The molecule has 10 nitrogen and oxygen atoms in total. The summed E-state index contributed by atoms with van der Waals surface area (Å²) in [5, 5.41) is 11.3. The van der Waals surface area contributed by atoms with E-state index in [0.29, 0.717) is 54.6 Å². The van der Waals surface area contributed by atoms with Gasteiger partial charge in [0.1, 0.15) is 16.3 Å². The van der Waals surface area contributed by atoms with Crippen LogP contribution in [0.1, 0.15) is 28.3 Å². The maximum absolute atomic E-state index is 13.3. The Labute approximate surface area is 193 Å². The Morgan fingerprint density at radius 1 is 1.12 bits per heavy atom. The third-order valence-corrected chi connectivity index (χ3v) is 8.04. The van der Waals surface area contributed by atoms with E-state index in [1.54, 1.807) is 43.7 Å². The van der Waals surface area contributed by atoms with Crippen LogP contribution in [0.5, 0.6) is 5.75 Å². The summed E-state index contributed by atoms with van der Waals surface area (Å²) in [5.74, 6) is 0.496. The normalized spacial score (nSPS) is 15.5. The minimum atomic E-state index is -3.69. The van der Waals surface area contributed by atoms with Gasteiger partial charge in [0, 0.05) is 38.8 Å². The molecule has 4 rings (SSSR count). The van der Waals surface area contributed by atoms with Crippen molar-refractivity contribution in [1.29, 1.82) is 0 Å². The zero-order valence-corrected chi connectivity index (χ0v) is 20.0. The largest absolute Gasteiger partial charge is 0.496 e. The Morgan fingerprint density at radius 3 is 2.58 bits per heavy atom. The first-order valence-corrected chi connectivity index (χ1v) is 12.2. The molecule has 0 aliphatic carbocycles. The lowest BCUT2D eigenvalue weighted by atomic mass is 10.1. The van der Waals surface area contributed by atoms with Crippen molar-refractivity contribution in [3.05, 3.63) is 47.4 Å². The fourth-order valence-electron chi connectivity index (χ4n) is 4.20. The lowest BCUT2D eigenvalue weighted by Crippen LogP contribution is -2.38. The van der Waals surface area contributed by atoms with Gasteiger partial charge in [0.15, 0.2) is 0 Å². The molecule has 3 heterocycles. The highest BCUT2D eigenvalue weighted by Crippen LogP contribution is 2.29. The quantitative estimate of drug-likeness (QED) is 0.607. The number of carbonyl (C=O) groups excluding carboxylic acids is 1.